The summed E-state index contributed by atoms with van der Waals surface area (Å²) in [5.41, 5.74) is 0. The van der Waals surface area contributed by atoms with E-state index in [9.17, 15) is 9.59 Å². The van der Waals surface area contributed by atoms with Gasteiger partial charge in [-0.3, -0.25) is 4.79 Å². The normalized spacial score (nSPS) is 33.6. The molecule has 0 radical (unpaired) electrons. The molecule has 4 nitrogen and oxygen atoms in total. The van der Waals surface area contributed by atoms with Crippen LogP contribution >= 0.6 is 0 Å². The van der Waals surface area contributed by atoms with Crippen molar-refractivity contribution < 1.29 is 14.7 Å². The van der Waals surface area contributed by atoms with E-state index in [1.54, 1.807) is 0 Å². The molecule has 96 valence electrons. The van der Waals surface area contributed by atoms with Gasteiger partial charge in [0.25, 0.3) is 0 Å². The lowest BCUT2D eigenvalue weighted by molar-refractivity contribution is -0.144. The van der Waals surface area contributed by atoms with Crippen LogP contribution in [0.3, 0.4) is 0 Å². The molecule has 0 heterocycles. The second kappa shape index (κ2) is 4.67. The molecule has 2 aliphatic rings. The number of carbonyl (C=O) groups is 2. The summed E-state index contributed by atoms with van der Waals surface area (Å²) in [7, 11) is 0. The van der Waals surface area contributed by atoms with Crippen LogP contribution in [-0.4, -0.2) is 23.0 Å². The molecule has 17 heavy (non-hydrogen) atoms. The summed E-state index contributed by atoms with van der Waals surface area (Å²) in [6, 6.07) is -0.732. The highest BCUT2D eigenvalue weighted by Gasteiger charge is 2.48. The Balaban J connectivity index is 1.88. The molecule has 2 rings (SSSR count). The molecule has 0 aromatic carbocycles. The van der Waals surface area contributed by atoms with Crippen LogP contribution in [0.2, 0.25) is 0 Å². The summed E-state index contributed by atoms with van der Waals surface area (Å²) in [5.74, 6) is 0.563. The Morgan fingerprint density at radius 3 is 2.35 bits per heavy atom. The average Bonchev–Trinajstić information content (AvgIpc) is 2.91. The van der Waals surface area contributed by atoms with Gasteiger partial charge in [-0.05, 0) is 37.0 Å². The molecule has 3 unspecified atom stereocenters. The van der Waals surface area contributed by atoms with Gasteiger partial charge in [-0.2, -0.15) is 0 Å². The summed E-state index contributed by atoms with van der Waals surface area (Å²) in [6.07, 6.45) is 3.96. The highest BCUT2D eigenvalue weighted by atomic mass is 16.4. The zero-order chi connectivity index (χ0) is 12.6. The SMILES string of the molecule is CCC(C)[C@H](NC(=O)C1CC2CC2C1)C(=O)O. The maximum Gasteiger partial charge on any atom is 0.326 e. The number of carboxylic acid groups (broad SMARTS) is 1. The molecule has 0 aromatic heterocycles. The Morgan fingerprint density at radius 1 is 1.29 bits per heavy atom. The van der Waals surface area contributed by atoms with Gasteiger partial charge >= 0.3 is 5.97 Å². The first kappa shape index (κ1) is 12.4. The molecular formula is C13H21NO3. The quantitative estimate of drug-likeness (QED) is 0.766. The number of rotatable bonds is 5. The number of carbonyl (C=O) groups excluding carboxylic acids is 1. The average molecular weight is 239 g/mol. The van der Waals surface area contributed by atoms with E-state index >= 15 is 0 Å². The maximum atomic E-state index is 12.0. The Hall–Kier alpha value is -1.06. The smallest absolute Gasteiger partial charge is 0.326 e. The van der Waals surface area contributed by atoms with Crippen molar-refractivity contribution in [1.29, 1.82) is 0 Å². The summed E-state index contributed by atoms with van der Waals surface area (Å²) in [6.45, 7) is 3.81. The lowest BCUT2D eigenvalue weighted by Crippen LogP contribution is -2.47. The van der Waals surface area contributed by atoms with Crippen LogP contribution in [-0.2, 0) is 9.59 Å². The van der Waals surface area contributed by atoms with E-state index < -0.39 is 12.0 Å². The predicted octanol–water partition coefficient (Wildman–Crippen LogP) is 1.65. The summed E-state index contributed by atoms with van der Waals surface area (Å²) >= 11 is 0. The lowest BCUT2D eigenvalue weighted by Gasteiger charge is -2.22. The number of hydrogen-bond acceptors (Lipinski definition) is 2. The van der Waals surface area contributed by atoms with E-state index in [2.05, 4.69) is 5.32 Å². The molecule has 2 saturated carbocycles. The van der Waals surface area contributed by atoms with Gasteiger partial charge in [-0.15, -0.1) is 0 Å². The van der Waals surface area contributed by atoms with E-state index in [1.807, 2.05) is 13.8 Å². The van der Waals surface area contributed by atoms with Gasteiger partial charge in [-0.1, -0.05) is 20.3 Å². The molecule has 2 N–H and O–H groups in total. The van der Waals surface area contributed by atoms with Gasteiger partial charge in [-0.25, -0.2) is 4.79 Å². The second-order valence-electron chi connectivity index (χ2n) is 5.63. The van der Waals surface area contributed by atoms with Crippen LogP contribution in [0.15, 0.2) is 0 Å². The minimum atomic E-state index is -0.921. The summed E-state index contributed by atoms with van der Waals surface area (Å²) < 4.78 is 0. The highest BCUT2D eigenvalue weighted by molar-refractivity contribution is 5.85. The van der Waals surface area contributed by atoms with Crippen molar-refractivity contribution in [2.24, 2.45) is 23.7 Å². The molecule has 2 aliphatic carbocycles. The summed E-state index contributed by atoms with van der Waals surface area (Å²) in [5, 5.41) is 11.8. The number of hydrogen-bond donors (Lipinski definition) is 2. The van der Waals surface area contributed by atoms with Crippen molar-refractivity contribution in [2.45, 2.75) is 45.6 Å². The zero-order valence-electron chi connectivity index (χ0n) is 10.5. The molecular weight excluding hydrogens is 218 g/mol. The zero-order valence-corrected chi connectivity index (χ0v) is 10.5. The molecule has 0 spiro atoms. The van der Waals surface area contributed by atoms with Crippen LogP contribution in [0.4, 0.5) is 0 Å². The molecule has 2 fully saturated rings. The monoisotopic (exact) mass is 239 g/mol. The van der Waals surface area contributed by atoms with Crippen molar-refractivity contribution in [1.82, 2.24) is 5.32 Å². The van der Waals surface area contributed by atoms with E-state index in [0.717, 1.165) is 31.1 Å². The van der Waals surface area contributed by atoms with Crippen molar-refractivity contribution >= 4 is 11.9 Å². The van der Waals surface area contributed by atoms with Crippen LogP contribution in [0.1, 0.15) is 39.5 Å². The highest BCUT2D eigenvalue weighted by Crippen LogP contribution is 2.54. The van der Waals surface area contributed by atoms with Gasteiger partial charge in [0, 0.05) is 5.92 Å². The number of amides is 1. The third-order valence-corrected chi connectivity index (χ3v) is 4.39. The Kier molecular flexibility index (Phi) is 3.40. The Morgan fingerprint density at radius 2 is 1.88 bits per heavy atom. The molecule has 1 amide bonds. The molecule has 0 bridgehead atoms. The number of aliphatic carboxylic acids is 1. The first-order chi connectivity index (χ1) is 8.02. The molecule has 0 aromatic rings. The van der Waals surface area contributed by atoms with E-state index in [-0.39, 0.29) is 17.7 Å². The number of carboxylic acids is 1. The van der Waals surface area contributed by atoms with Crippen LogP contribution < -0.4 is 5.32 Å². The van der Waals surface area contributed by atoms with E-state index in [0.29, 0.717) is 0 Å². The second-order valence-corrected chi connectivity index (χ2v) is 5.63. The van der Waals surface area contributed by atoms with Crippen LogP contribution in [0, 0.1) is 23.7 Å². The molecule has 4 heteroatoms. The van der Waals surface area contributed by atoms with Crippen LogP contribution in [0.5, 0.6) is 0 Å². The Labute approximate surface area is 102 Å². The third kappa shape index (κ3) is 2.61. The number of nitrogens with one attached hydrogen (secondary N) is 1. The fourth-order valence-electron chi connectivity index (χ4n) is 2.88. The van der Waals surface area contributed by atoms with Gasteiger partial charge < -0.3 is 10.4 Å². The lowest BCUT2D eigenvalue weighted by atomic mass is 9.97. The standard InChI is InChI=1S/C13H21NO3/c1-3-7(2)11(13(16)17)14-12(15)10-5-8-4-9(8)6-10/h7-11H,3-6H2,1-2H3,(H,14,15)(H,16,17)/t7?,8?,9?,10?,11-/m0/s1. The van der Waals surface area contributed by atoms with Crippen molar-refractivity contribution in [3.63, 3.8) is 0 Å². The van der Waals surface area contributed by atoms with Gasteiger partial charge in [0.1, 0.15) is 6.04 Å². The van der Waals surface area contributed by atoms with Crippen molar-refractivity contribution in [2.75, 3.05) is 0 Å². The minimum Gasteiger partial charge on any atom is -0.480 e. The largest absolute Gasteiger partial charge is 0.480 e. The van der Waals surface area contributed by atoms with Gasteiger partial charge in [0.2, 0.25) is 5.91 Å². The van der Waals surface area contributed by atoms with Crippen molar-refractivity contribution in [3.05, 3.63) is 0 Å². The third-order valence-electron chi connectivity index (χ3n) is 4.39. The Bertz CT molecular complexity index is 319. The maximum absolute atomic E-state index is 12.0. The first-order valence-electron chi connectivity index (χ1n) is 6.56. The molecule has 0 aliphatic heterocycles. The fourth-order valence-corrected chi connectivity index (χ4v) is 2.88. The van der Waals surface area contributed by atoms with E-state index in [1.165, 1.54) is 6.42 Å². The molecule has 0 saturated heterocycles. The topological polar surface area (TPSA) is 66.4 Å². The van der Waals surface area contributed by atoms with Gasteiger partial charge in [0.15, 0.2) is 0 Å². The predicted molar refractivity (Wildman–Crippen MR) is 63.3 cm³/mol. The molecule has 4 atom stereocenters. The van der Waals surface area contributed by atoms with E-state index in [4.69, 9.17) is 5.11 Å². The first-order valence-corrected chi connectivity index (χ1v) is 6.56. The number of fused-ring (bicyclic) bond motifs is 1. The fraction of sp³-hybridized carbons (Fsp3) is 0.846. The summed E-state index contributed by atoms with van der Waals surface area (Å²) in [4.78, 5) is 23.1. The van der Waals surface area contributed by atoms with Crippen LogP contribution in [0.25, 0.3) is 0 Å². The van der Waals surface area contributed by atoms with Gasteiger partial charge in [0.05, 0.1) is 0 Å². The minimum absolute atomic E-state index is 0.0209. The van der Waals surface area contributed by atoms with Crippen molar-refractivity contribution in [3.8, 4) is 0 Å².